The van der Waals surface area contributed by atoms with Gasteiger partial charge in [0.25, 0.3) is 0 Å². The van der Waals surface area contributed by atoms with Gasteiger partial charge in [0.05, 0.1) is 11.6 Å². The molecule has 2 aliphatic rings. The van der Waals surface area contributed by atoms with Crippen LogP contribution < -0.4 is 10.5 Å². The van der Waals surface area contributed by atoms with Gasteiger partial charge in [-0.2, -0.15) is 4.31 Å². The minimum absolute atomic E-state index is 0.0382. The Kier molecular flexibility index (Phi) is 6.29. The lowest BCUT2D eigenvalue weighted by Gasteiger charge is -2.45. The number of pyridine rings is 1. The molecule has 2 heterocycles. The number of primary amides is 1. The maximum atomic E-state index is 13.6. The van der Waals surface area contributed by atoms with Crippen molar-refractivity contribution in [2.75, 3.05) is 13.1 Å². The molecule has 1 saturated carbocycles. The number of hydrogen-bond donors (Lipinski definition) is 1. The van der Waals surface area contributed by atoms with E-state index in [9.17, 15) is 13.2 Å². The van der Waals surface area contributed by atoms with Crippen LogP contribution >= 0.6 is 0 Å². The smallest absolute Gasteiger partial charge is 0.248 e. The number of para-hydroxylation sites is 1. The monoisotopic (exact) mass is 443 g/mol. The van der Waals surface area contributed by atoms with E-state index < -0.39 is 15.4 Å². The highest BCUT2D eigenvalue weighted by atomic mass is 32.2. The molecule has 0 bridgehead atoms. The third-order valence-corrected chi connectivity index (χ3v) is 8.61. The second-order valence-corrected chi connectivity index (χ2v) is 10.4. The summed E-state index contributed by atoms with van der Waals surface area (Å²) in [5.74, 6) is 0.442. The number of ether oxygens (including phenoxy) is 1. The molecule has 1 aromatic carbocycles. The van der Waals surface area contributed by atoms with E-state index in [0.29, 0.717) is 25.3 Å². The fraction of sp³-hybridized carbons (Fsp3) is 0.478. The molecular weight excluding hydrogens is 414 g/mol. The summed E-state index contributed by atoms with van der Waals surface area (Å²) in [5.41, 5.74) is 5.27. The van der Waals surface area contributed by atoms with Gasteiger partial charge < -0.3 is 10.5 Å². The predicted octanol–water partition coefficient (Wildman–Crippen LogP) is 3.71. The van der Waals surface area contributed by atoms with E-state index in [-0.39, 0.29) is 22.5 Å². The Hall–Kier alpha value is -2.45. The average molecular weight is 444 g/mol. The fourth-order valence-corrected chi connectivity index (χ4v) is 6.63. The molecular formula is C23H29N3O4S. The summed E-state index contributed by atoms with van der Waals surface area (Å²) in [6, 6.07) is 10.6. The van der Waals surface area contributed by atoms with Gasteiger partial charge in [0, 0.05) is 25.4 Å². The summed E-state index contributed by atoms with van der Waals surface area (Å²) in [4.78, 5) is 16.6. The van der Waals surface area contributed by atoms with Crippen LogP contribution in [0.15, 0.2) is 53.7 Å². The number of sulfonamides is 1. The Morgan fingerprint density at radius 2 is 1.84 bits per heavy atom. The van der Waals surface area contributed by atoms with Gasteiger partial charge >= 0.3 is 0 Å². The quantitative estimate of drug-likeness (QED) is 0.733. The number of carbonyl (C=O) groups excluding carboxylic acids is 1. The minimum Gasteiger partial charge on any atom is -0.456 e. The van der Waals surface area contributed by atoms with Crippen LogP contribution in [-0.2, 0) is 14.8 Å². The first-order chi connectivity index (χ1) is 14.9. The fourth-order valence-electron chi connectivity index (χ4n) is 5.05. The third kappa shape index (κ3) is 4.32. The van der Waals surface area contributed by atoms with Crippen molar-refractivity contribution in [2.24, 2.45) is 17.1 Å². The summed E-state index contributed by atoms with van der Waals surface area (Å²) in [7, 11) is -3.84. The lowest BCUT2D eigenvalue weighted by Crippen LogP contribution is -2.52. The Morgan fingerprint density at radius 3 is 2.55 bits per heavy atom. The number of nitrogens with two attached hydrogens (primary N) is 1. The Labute approximate surface area is 183 Å². The van der Waals surface area contributed by atoms with E-state index in [2.05, 4.69) is 4.98 Å². The molecule has 166 valence electrons. The molecule has 1 atom stereocenters. The first kappa shape index (κ1) is 21.8. The van der Waals surface area contributed by atoms with Gasteiger partial charge in [0.1, 0.15) is 10.6 Å². The van der Waals surface area contributed by atoms with Crippen molar-refractivity contribution >= 4 is 15.9 Å². The van der Waals surface area contributed by atoms with Crippen LogP contribution in [0.4, 0.5) is 0 Å². The molecule has 1 unspecified atom stereocenters. The van der Waals surface area contributed by atoms with Crippen LogP contribution in [0.2, 0.25) is 0 Å². The second-order valence-electron chi connectivity index (χ2n) is 8.52. The number of aromatic nitrogens is 1. The van der Waals surface area contributed by atoms with E-state index in [1.165, 1.54) is 16.7 Å². The number of piperidine rings is 1. The molecule has 1 aliphatic heterocycles. The molecule has 1 saturated heterocycles. The summed E-state index contributed by atoms with van der Waals surface area (Å²) in [6.45, 7) is 0.707. The number of rotatable bonds is 6. The van der Waals surface area contributed by atoms with Gasteiger partial charge in [-0.1, -0.05) is 37.5 Å². The number of nitrogens with zero attached hydrogens (tertiary/aromatic N) is 2. The minimum atomic E-state index is -3.84. The first-order valence-corrected chi connectivity index (χ1v) is 12.3. The van der Waals surface area contributed by atoms with Gasteiger partial charge in [-0.25, -0.2) is 8.42 Å². The van der Waals surface area contributed by atoms with Gasteiger partial charge in [-0.15, -0.1) is 0 Å². The van der Waals surface area contributed by atoms with Crippen molar-refractivity contribution in [1.82, 2.24) is 9.29 Å². The van der Waals surface area contributed by atoms with Crippen LogP contribution in [0.5, 0.6) is 11.5 Å². The van der Waals surface area contributed by atoms with Gasteiger partial charge in [-0.3, -0.25) is 9.78 Å². The van der Waals surface area contributed by atoms with Crippen molar-refractivity contribution in [1.29, 1.82) is 0 Å². The zero-order valence-electron chi connectivity index (χ0n) is 17.6. The summed E-state index contributed by atoms with van der Waals surface area (Å²) in [6.07, 6.45) is 8.88. The maximum Gasteiger partial charge on any atom is 0.248 e. The molecule has 0 spiro atoms. The van der Waals surface area contributed by atoms with Crippen molar-refractivity contribution in [3.8, 4) is 11.5 Å². The van der Waals surface area contributed by atoms with Crippen LogP contribution in [0.25, 0.3) is 0 Å². The number of hydrogen-bond acceptors (Lipinski definition) is 5. The number of amides is 1. The molecule has 4 rings (SSSR count). The highest BCUT2D eigenvalue weighted by Gasteiger charge is 2.47. The van der Waals surface area contributed by atoms with Crippen LogP contribution in [0, 0.1) is 11.3 Å². The maximum absolute atomic E-state index is 13.6. The van der Waals surface area contributed by atoms with Crippen molar-refractivity contribution in [3.63, 3.8) is 0 Å². The Balaban J connectivity index is 1.61. The standard InChI is InChI=1S/C23H29N3O4S/c24-22(27)23(12-5-2-6-13-23)18-8-7-15-26(17-18)31(28,29)21-16-25-14-11-20(21)30-19-9-3-1-4-10-19/h1,3-4,9-11,14,16,18H,2,5-8,12-13,15,17H2,(H2,24,27). The topological polar surface area (TPSA) is 103 Å². The molecule has 7 nitrogen and oxygen atoms in total. The Bertz CT molecular complexity index is 1020. The SMILES string of the molecule is NC(=O)C1(C2CCCN(S(=O)(=O)c3cnccc3Oc3ccccc3)C2)CCCCC1. The van der Waals surface area contributed by atoms with E-state index in [0.717, 1.165) is 38.5 Å². The largest absolute Gasteiger partial charge is 0.456 e. The molecule has 2 fully saturated rings. The second kappa shape index (κ2) is 8.96. The molecule has 2 aromatic rings. The third-order valence-electron chi connectivity index (χ3n) is 6.74. The van der Waals surface area contributed by atoms with Gasteiger partial charge in [-0.05, 0) is 43.7 Å². The van der Waals surface area contributed by atoms with E-state index in [1.807, 2.05) is 18.2 Å². The van der Waals surface area contributed by atoms with Crippen LogP contribution in [-0.4, -0.2) is 36.7 Å². The highest BCUT2D eigenvalue weighted by Crippen LogP contribution is 2.46. The van der Waals surface area contributed by atoms with Gasteiger partial charge in [0.15, 0.2) is 5.75 Å². The summed E-state index contributed by atoms with van der Waals surface area (Å²) >= 11 is 0. The summed E-state index contributed by atoms with van der Waals surface area (Å²) in [5, 5.41) is 0. The van der Waals surface area contributed by atoms with Crippen LogP contribution in [0.1, 0.15) is 44.9 Å². The summed E-state index contributed by atoms with van der Waals surface area (Å²) < 4.78 is 34.5. The van der Waals surface area contributed by atoms with E-state index in [4.69, 9.17) is 10.5 Å². The molecule has 31 heavy (non-hydrogen) atoms. The van der Waals surface area contributed by atoms with Crippen molar-refractivity contribution < 1.29 is 17.9 Å². The van der Waals surface area contributed by atoms with E-state index >= 15 is 0 Å². The molecule has 0 radical (unpaired) electrons. The molecule has 1 aliphatic carbocycles. The normalized spacial score (nSPS) is 22.0. The van der Waals surface area contributed by atoms with Gasteiger partial charge in [0.2, 0.25) is 15.9 Å². The van der Waals surface area contributed by atoms with E-state index in [1.54, 1.807) is 18.2 Å². The number of carbonyl (C=O) groups is 1. The average Bonchev–Trinajstić information content (AvgIpc) is 2.80. The Morgan fingerprint density at radius 1 is 1.10 bits per heavy atom. The lowest BCUT2D eigenvalue weighted by molar-refractivity contribution is -0.134. The zero-order chi connectivity index (χ0) is 21.9. The molecule has 1 aromatic heterocycles. The van der Waals surface area contributed by atoms with Crippen molar-refractivity contribution in [2.45, 2.75) is 49.8 Å². The number of benzene rings is 1. The lowest BCUT2D eigenvalue weighted by atomic mass is 9.63. The van der Waals surface area contributed by atoms with Crippen molar-refractivity contribution in [3.05, 3.63) is 48.8 Å². The predicted molar refractivity (Wildman–Crippen MR) is 117 cm³/mol. The molecule has 8 heteroatoms. The zero-order valence-corrected chi connectivity index (χ0v) is 18.4. The first-order valence-electron chi connectivity index (χ1n) is 10.9. The highest BCUT2D eigenvalue weighted by molar-refractivity contribution is 7.89. The molecule has 2 N–H and O–H groups in total. The van der Waals surface area contributed by atoms with Crippen LogP contribution in [0.3, 0.4) is 0 Å². The molecule has 1 amide bonds.